The van der Waals surface area contributed by atoms with Gasteiger partial charge in [0.1, 0.15) is 0 Å². The number of rotatable bonds is 6. The molecule has 0 saturated heterocycles. The number of benzene rings is 1. The zero-order chi connectivity index (χ0) is 15.4. The fourth-order valence-electron chi connectivity index (χ4n) is 2.43. The summed E-state index contributed by atoms with van der Waals surface area (Å²) in [5.74, 6) is 0. The first-order chi connectivity index (χ1) is 10.0. The minimum Gasteiger partial charge on any atom is -0.296 e. The topological polar surface area (TPSA) is 26.9 Å². The van der Waals surface area contributed by atoms with Crippen molar-refractivity contribution in [2.75, 3.05) is 0 Å². The van der Waals surface area contributed by atoms with Crippen molar-refractivity contribution in [3.05, 3.63) is 45.0 Å². The van der Waals surface area contributed by atoms with Crippen LogP contribution in [-0.2, 0) is 6.54 Å². The van der Waals surface area contributed by atoms with Gasteiger partial charge in [0.25, 0.3) is 0 Å². The number of aryl methyl sites for hydroxylation is 1. The molecule has 21 heavy (non-hydrogen) atoms. The molecule has 2 aromatic rings. The lowest BCUT2D eigenvalue weighted by atomic mass is 10.2. The molecule has 0 unspecified atom stereocenters. The maximum atomic E-state index is 12.6. The summed E-state index contributed by atoms with van der Waals surface area (Å²) in [6, 6.07) is 5.74. The van der Waals surface area contributed by atoms with Gasteiger partial charge in [-0.3, -0.25) is 9.13 Å². The average molecular weight is 369 g/mol. The minimum atomic E-state index is 0.0154. The summed E-state index contributed by atoms with van der Waals surface area (Å²) in [6.07, 6.45) is 6.54. The highest BCUT2D eigenvalue weighted by atomic mass is 79.9. The second-order valence-corrected chi connectivity index (χ2v) is 6.67. The van der Waals surface area contributed by atoms with Gasteiger partial charge in [0.05, 0.1) is 5.69 Å². The first-order valence-electron chi connectivity index (χ1n) is 7.32. The third kappa shape index (κ3) is 3.83. The van der Waals surface area contributed by atoms with Crippen molar-refractivity contribution in [2.45, 2.75) is 51.0 Å². The highest BCUT2D eigenvalue weighted by Gasteiger charge is 2.11. The highest BCUT2D eigenvalue weighted by Crippen LogP contribution is 2.22. The molecule has 0 atom stereocenters. The van der Waals surface area contributed by atoms with Crippen molar-refractivity contribution >= 4 is 28.6 Å². The van der Waals surface area contributed by atoms with Gasteiger partial charge in [-0.1, -0.05) is 42.1 Å². The Kier molecular flexibility index (Phi) is 5.76. The lowest BCUT2D eigenvalue weighted by molar-refractivity contribution is 0.560. The molecule has 0 spiro atoms. The monoisotopic (exact) mass is 368 g/mol. The molecular formula is C16H21BrN2OS. The predicted molar refractivity (Wildman–Crippen MR) is 93.9 cm³/mol. The van der Waals surface area contributed by atoms with Gasteiger partial charge in [0.15, 0.2) is 0 Å². The Bertz CT molecular complexity index is 675. The van der Waals surface area contributed by atoms with Crippen LogP contribution in [0.25, 0.3) is 5.69 Å². The van der Waals surface area contributed by atoms with Gasteiger partial charge in [-0.15, -0.1) is 12.6 Å². The van der Waals surface area contributed by atoms with Crippen molar-refractivity contribution in [3.63, 3.8) is 0 Å². The van der Waals surface area contributed by atoms with E-state index in [0.717, 1.165) is 33.7 Å². The van der Waals surface area contributed by atoms with Crippen molar-refractivity contribution in [1.82, 2.24) is 9.13 Å². The molecule has 0 radical (unpaired) electrons. The van der Waals surface area contributed by atoms with E-state index in [1.54, 1.807) is 4.57 Å². The first-order valence-corrected chi connectivity index (χ1v) is 8.56. The Hall–Kier alpha value is -0.940. The summed E-state index contributed by atoms with van der Waals surface area (Å²) < 4.78 is 4.49. The molecule has 3 nitrogen and oxygen atoms in total. The van der Waals surface area contributed by atoms with Crippen LogP contribution >= 0.6 is 28.6 Å². The second kappa shape index (κ2) is 7.36. The van der Waals surface area contributed by atoms with Gasteiger partial charge in [0, 0.05) is 27.8 Å². The fraction of sp³-hybridized carbons (Fsp3) is 0.438. The van der Waals surface area contributed by atoms with Gasteiger partial charge < -0.3 is 0 Å². The van der Waals surface area contributed by atoms with E-state index >= 15 is 0 Å². The third-order valence-corrected chi connectivity index (χ3v) is 4.46. The minimum absolute atomic E-state index is 0.0154. The van der Waals surface area contributed by atoms with Crippen molar-refractivity contribution < 1.29 is 0 Å². The van der Waals surface area contributed by atoms with Crippen LogP contribution in [0, 0.1) is 6.92 Å². The molecule has 0 amide bonds. The molecule has 1 aromatic carbocycles. The number of aromatic nitrogens is 2. The smallest absolute Gasteiger partial charge is 0.296 e. The van der Waals surface area contributed by atoms with Crippen LogP contribution in [0.1, 0.15) is 38.3 Å². The van der Waals surface area contributed by atoms with Crippen molar-refractivity contribution in [3.8, 4) is 5.69 Å². The fourth-order valence-corrected chi connectivity index (χ4v) is 3.29. The molecule has 1 heterocycles. The molecule has 5 heteroatoms. The average Bonchev–Trinajstić information content (AvgIpc) is 2.71. The predicted octanol–water partition coefficient (Wildman–Crippen LogP) is 4.58. The summed E-state index contributed by atoms with van der Waals surface area (Å²) in [6.45, 7) is 4.96. The van der Waals surface area contributed by atoms with Gasteiger partial charge >= 0.3 is 5.69 Å². The summed E-state index contributed by atoms with van der Waals surface area (Å²) in [7, 11) is 0. The van der Waals surface area contributed by atoms with E-state index in [1.807, 2.05) is 35.9 Å². The van der Waals surface area contributed by atoms with Crippen LogP contribution in [0.3, 0.4) is 0 Å². The SMILES string of the molecule is CCCCCCn1c(C)cn(-c2ccc(Br)cc2S)c1=O. The van der Waals surface area contributed by atoms with Crippen LogP contribution in [-0.4, -0.2) is 9.13 Å². The lowest BCUT2D eigenvalue weighted by Gasteiger charge is -2.06. The number of imidazole rings is 1. The van der Waals surface area contributed by atoms with Crippen LogP contribution < -0.4 is 5.69 Å². The van der Waals surface area contributed by atoms with E-state index in [-0.39, 0.29) is 5.69 Å². The third-order valence-electron chi connectivity index (χ3n) is 3.61. The molecule has 1 aromatic heterocycles. The molecule has 0 aliphatic rings. The van der Waals surface area contributed by atoms with Gasteiger partial charge in [-0.25, -0.2) is 4.79 Å². The van der Waals surface area contributed by atoms with E-state index in [2.05, 4.69) is 35.5 Å². The Morgan fingerprint density at radius 2 is 2.00 bits per heavy atom. The summed E-state index contributed by atoms with van der Waals surface area (Å²) in [5, 5.41) is 0. The number of unbranched alkanes of at least 4 members (excludes halogenated alkanes) is 3. The largest absolute Gasteiger partial charge is 0.332 e. The molecular weight excluding hydrogens is 348 g/mol. The van der Waals surface area contributed by atoms with Crippen LogP contribution in [0.15, 0.2) is 38.6 Å². The van der Waals surface area contributed by atoms with Crippen molar-refractivity contribution in [1.29, 1.82) is 0 Å². The molecule has 0 aliphatic heterocycles. The van der Waals surface area contributed by atoms with Crippen molar-refractivity contribution in [2.24, 2.45) is 0 Å². The molecule has 114 valence electrons. The van der Waals surface area contributed by atoms with Gasteiger partial charge in [-0.05, 0) is 31.5 Å². The Morgan fingerprint density at radius 3 is 2.67 bits per heavy atom. The molecule has 0 bridgehead atoms. The second-order valence-electron chi connectivity index (χ2n) is 5.27. The Morgan fingerprint density at radius 1 is 1.24 bits per heavy atom. The summed E-state index contributed by atoms with van der Waals surface area (Å²) >= 11 is 7.88. The van der Waals surface area contributed by atoms with E-state index in [4.69, 9.17) is 0 Å². The lowest BCUT2D eigenvalue weighted by Crippen LogP contribution is -2.24. The van der Waals surface area contributed by atoms with Crippen LogP contribution in [0.4, 0.5) is 0 Å². The quantitative estimate of drug-likeness (QED) is 0.586. The first kappa shape index (κ1) is 16.4. The standard InChI is InChI=1S/C16H21BrN2OS/c1-3-4-5-6-9-18-12(2)11-19(16(18)20)14-8-7-13(17)10-15(14)21/h7-8,10-11,21H,3-6,9H2,1-2H3. The molecule has 0 N–H and O–H groups in total. The summed E-state index contributed by atoms with van der Waals surface area (Å²) in [5.41, 5.74) is 1.83. The van der Waals surface area contributed by atoms with E-state index in [0.29, 0.717) is 0 Å². The number of hydrogen-bond acceptors (Lipinski definition) is 2. The maximum Gasteiger partial charge on any atom is 0.332 e. The molecule has 2 rings (SSSR count). The number of halogens is 1. The number of thiol groups is 1. The van der Waals surface area contributed by atoms with E-state index in [1.165, 1.54) is 19.3 Å². The highest BCUT2D eigenvalue weighted by molar-refractivity contribution is 9.10. The van der Waals surface area contributed by atoms with Crippen LogP contribution in [0.5, 0.6) is 0 Å². The molecule has 0 saturated carbocycles. The molecule has 0 aliphatic carbocycles. The van der Waals surface area contributed by atoms with E-state index < -0.39 is 0 Å². The number of hydrogen-bond donors (Lipinski definition) is 1. The Labute approximate surface area is 139 Å². The zero-order valence-corrected chi connectivity index (χ0v) is 15.0. The van der Waals surface area contributed by atoms with Gasteiger partial charge in [-0.2, -0.15) is 0 Å². The zero-order valence-electron chi connectivity index (χ0n) is 12.5. The van der Waals surface area contributed by atoms with Crippen LogP contribution in [0.2, 0.25) is 0 Å². The normalized spacial score (nSPS) is 11.0. The Balaban J connectivity index is 2.28. The number of nitrogens with zero attached hydrogens (tertiary/aromatic N) is 2. The summed E-state index contributed by atoms with van der Waals surface area (Å²) in [4.78, 5) is 13.4. The van der Waals surface area contributed by atoms with E-state index in [9.17, 15) is 4.79 Å². The molecule has 0 fully saturated rings. The van der Waals surface area contributed by atoms with Gasteiger partial charge in [0.2, 0.25) is 0 Å². The maximum absolute atomic E-state index is 12.6.